The van der Waals surface area contributed by atoms with Crippen LogP contribution in [0.1, 0.15) is 0 Å². The van der Waals surface area contributed by atoms with Crippen LogP contribution in [-0.2, 0) is 0 Å². The number of hydrogen-bond donors (Lipinski definition) is 1. The highest BCUT2D eigenvalue weighted by Crippen LogP contribution is 2.27. The molecule has 0 heterocycles. The van der Waals surface area contributed by atoms with Crippen LogP contribution in [0.3, 0.4) is 0 Å². The SMILES string of the molecule is OSc1cc(Cl)ccc1Cl. The van der Waals surface area contributed by atoms with Crippen molar-refractivity contribution < 1.29 is 4.55 Å². The van der Waals surface area contributed by atoms with Crippen LogP contribution in [0.5, 0.6) is 0 Å². The molecule has 0 aromatic heterocycles. The minimum absolute atomic E-state index is 0.511. The highest BCUT2D eigenvalue weighted by atomic mass is 35.5. The average Bonchev–Trinajstić information content (AvgIpc) is 1.94. The molecule has 4 heteroatoms. The van der Waals surface area contributed by atoms with E-state index in [2.05, 4.69) is 0 Å². The van der Waals surface area contributed by atoms with Crippen LogP contribution < -0.4 is 0 Å². The monoisotopic (exact) mass is 194 g/mol. The Bertz CT molecular complexity index is 239. The van der Waals surface area contributed by atoms with Crippen molar-refractivity contribution >= 4 is 35.2 Å². The average molecular weight is 195 g/mol. The largest absolute Gasteiger partial charge is 0.325 e. The van der Waals surface area contributed by atoms with E-state index in [4.69, 9.17) is 27.8 Å². The Morgan fingerprint density at radius 3 is 2.50 bits per heavy atom. The third-order valence-electron chi connectivity index (χ3n) is 0.992. The molecule has 10 heavy (non-hydrogen) atoms. The van der Waals surface area contributed by atoms with E-state index in [1.807, 2.05) is 0 Å². The molecule has 0 radical (unpaired) electrons. The summed E-state index contributed by atoms with van der Waals surface area (Å²) in [5.74, 6) is 0. The van der Waals surface area contributed by atoms with Crippen molar-refractivity contribution in [1.29, 1.82) is 0 Å². The van der Waals surface area contributed by atoms with Gasteiger partial charge in [0.05, 0.1) is 9.92 Å². The standard InChI is InChI=1S/C6H4Cl2OS/c7-4-1-2-5(8)6(3-4)10-9/h1-3,9H. The van der Waals surface area contributed by atoms with Gasteiger partial charge in [-0.1, -0.05) is 23.2 Å². The zero-order valence-electron chi connectivity index (χ0n) is 4.84. The maximum atomic E-state index is 8.62. The van der Waals surface area contributed by atoms with Gasteiger partial charge >= 0.3 is 0 Å². The quantitative estimate of drug-likeness (QED) is 0.691. The van der Waals surface area contributed by atoms with Crippen molar-refractivity contribution in [2.75, 3.05) is 0 Å². The fraction of sp³-hybridized carbons (Fsp3) is 0. The molecule has 0 spiro atoms. The van der Waals surface area contributed by atoms with E-state index in [0.29, 0.717) is 27.0 Å². The summed E-state index contributed by atoms with van der Waals surface area (Å²) in [6.45, 7) is 0. The Morgan fingerprint density at radius 1 is 1.30 bits per heavy atom. The summed E-state index contributed by atoms with van der Waals surface area (Å²) in [5.41, 5.74) is 0. The molecule has 1 aromatic carbocycles. The van der Waals surface area contributed by atoms with Crippen molar-refractivity contribution in [1.82, 2.24) is 0 Å². The summed E-state index contributed by atoms with van der Waals surface area (Å²) in [5, 5.41) is 1.08. The predicted molar refractivity (Wildman–Crippen MR) is 44.9 cm³/mol. The first kappa shape index (κ1) is 8.21. The molecule has 0 bridgehead atoms. The van der Waals surface area contributed by atoms with Gasteiger partial charge in [-0.15, -0.1) is 0 Å². The van der Waals surface area contributed by atoms with Crippen LogP contribution in [0.25, 0.3) is 0 Å². The van der Waals surface area contributed by atoms with Gasteiger partial charge in [0.2, 0.25) is 0 Å². The van der Waals surface area contributed by atoms with Crippen LogP contribution in [0, 0.1) is 0 Å². The Balaban J connectivity index is 3.09. The van der Waals surface area contributed by atoms with Gasteiger partial charge in [-0.05, 0) is 18.2 Å². The lowest BCUT2D eigenvalue weighted by molar-refractivity contribution is 0.664. The Labute approximate surface area is 73.2 Å². The molecule has 1 aromatic rings. The van der Waals surface area contributed by atoms with E-state index in [1.54, 1.807) is 18.2 Å². The normalized spacial score (nSPS) is 9.90. The zero-order chi connectivity index (χ0) is 7.56. The maximum Gasteiger partial charge on any atom is 0.0565 e. The van der Waals surface area contributed by atoms with Gasteiger partial charge in [0.25, 0.3) is 0 Å². The summed E-state index contributed by atoms with van der Waals surface area (Å²) in [6, 6.07) is 4.92. The first-order chi connectivity index (χ1) is 4.74. The summed E-state index contributed by atoms with van der Waals surface area (Å²) in [6.07, 6.45) is 0. The molecule has 0 saturated heterocycles. The molecule has 0 atom stereocenters. The van der Waals surface area contributed by atoms with Crippen LogP contribution in [-0.4, -0.2) is 4.55 Å². The third-order valence-corrected chi connectivity index (χ3v) is 2.20. The molecule has 1 rings (SSSR count). The molecule has 54 valence electrons. The van der Waals surface area contributed by atoms with E-state index in [0.717, 1.165) is 0 Å². The lowest BCUT2D eigenvalue weighted by Gasteiger charge is -1.97. The number of rotatable bonds is 1. The van der Waals surface area contributed by atoms with Crippen LogP contribution in [0.15, 0.2) is 23.1 Å². The van der Waals surface area contributed by atoms with Crippen LogP contribution in [0.4, 0.5) is 0 Å². The summed E-state index contributed by atoms with van der Waals surface area (Å²) >= 11 is 11.9. The van der Waals surface area contributed by atoms with Crippen molar-refractivity contribution in [2.24, 2.45) is 0 Å². The van der Waals surface area contributed by atoms with Crippen LogP contribution >= 0.6 is 35.2 Å². The lowest BCUT2D eigenvalue weighted by Crippen LogP contribution is -1.71. The van der Waals surface area contributed by atoms with Crippen molar-refractivity contribution in [3.63, 3.8) is 0 Å². The summed E-state index contributed by atoms with van der Waals surface area (Å²) < 4.78 is 8.62. The molecule has 1 nitrogen and oxygen atoms in total. The fourth-order valence-electron chi connectivity index (χ4n) is 0.547. The summed E-state index contributed by atoms with van der Waals surface area (Å²) in [7, 11) is 0. The molecular weight excluding hydrogens is 191 g/mol. The second-order valence-electron chi connectivity index (χ2n) is 1.67. The molecule has 0 aliphatic heterocycles. The van der Waals surface area contributed by atoms with Crippen molar-refractivity contribution in [3.8, 4) is 0 Å². The van der Waals surface area contributed by atoms with Gasteiger partial charge in [0.15, 0.2) is 0 Å². The van der Waals surface area contributed by atoms with Gasteiger partial charge in [0.1, 0.15) is 0 Å². The van der Waals surface area contributed by atoms with E-state index in [-0.39, 0.29) is 0 Å². The lowest BCUT2D eigenvalue weighted by atomic mass is 10.4. The second kappa shape index (κ2) is 3.49. The Kier molecular flexibility index (Phi) is 2.86. The Hall–Kier alpha value is 0.110. The molecule has 0 amide bonds. The predicted octanol–water partition coefficient (Wildman–Crippen LogP) is 3.56. The Morgan fingerprint density at radius 2 is 2.00 bits per heavy atom. The molecule has 0 fully saturated rings. The van der Waals surface area contributed by atoms with Gasteiger partial charge in [-0.25, -0.2) is 0 Å². The van der Waals surface area contributed by atoms with Crippen LogP contribution in [0.2, 0.25) is 10.0 Å². The molecule has 0 aliphatic carbocycles. The third kappa shape index (κ3) is 1.80. The first-order valence-electron chi connectivity index (χ1n) is 2.50. The van der Waals surface area contributed by atoms with E-state index >= 15 is 0 Å². The molecule has 0 aliphatic rings. The summed E-state index contributed by atoms with van der Waals surface area (Å²) in [4.78, 5) is 0.578. The van der Waals surface area contributed by atoms with E-state index < -0.39 is 0 Å². The smallest absolute Gasteiger partial charge is 0.0565 e. The van der Waals surface area contributed by atoms with Gasteiger partial charge < -0.3 is 4.55 Å². The second-order valence-corrected chi connectivity index (χ2v) is 3.13. The van der Waals surface area contributed by atoms with Crippen molar-refractivity contribution in [3.05, 3.63) is 28.2 Å². The van der Waals surface area contributed by atoms with Gasteiger partial charge in [0, 0.05) is 17.1 Å². The molecular formula is C6H4Cl2OS. The molecule has 1 N–H and O–H groups in total. The van der Waals surface area contributed by atoms with Gasteiger partial charge in [-0.2, -0.15) is 0 Å². The number of hydrogen-bond acceptors (Lipinski definition) is 2. The minimum atomic E-state index is 0.511. The maximum absolute atomic E-state index is 8.62. The van der Waals surface area contributed by atoms with Crippen molar-refractivity contribution in [2.45, 2.75) is 4.90 Å². The topological polar surface area (TPSA) is 20.2 Å². The molecule has 0 unspecified atom stereocenters. The zero-order valence-corrected chi connectivity index (χ0v) is 7.17. The van der Waals surface area contributed by atoms with E-state index in [9.17, 15) is 0 Å². The first-order valence-corrected chi connectivity index (χ1v) is 4.03. The minimum Gasteiger partial charge on any atom is -0.325 e. The highest BCUT2D eigenvalue weighted by molar-refractivity contribution is 7.93. The number of benzene rings is 1. The van der Waals surface area contributed by atoms with E-state index in [1.165, 1.54) is 0 Å². The van der Waals surface area contributed by atoms with Gasteiger partial charge in [-0.3, -0.25) is 0 Å². The molecule has 0 saturated carbocycles. The number of halogens is 2. The fourth-order valence-corrected chi connectivity index (χ4v) is 1.34. The highest BCUT2D eigenvalue weighted by Gasteiger charge is 1.99.